The summed E-state index contributed by atoms with van der Waals surface area (Å²) in [5.74, 6) is 0.631. The molecule has 1 nitrogen and oxygen atoms in total. The molecule has 1 rings (SSSR count). The summed E-state index contributed by atoms with van der Waals surface area (Å²) in [5, 5.41) is 0. The molecule has 2 heteroatoms. The molecule has 0 aliphatic carbocycles. The lowest BCUT2D eigenvalue weighted by molar-refractivity contribution is 0.544. The van der Waals surface area contributed by atoms with Crippen molar-refractivity contribution < 1.29 is 0 Å². The molecule has 0 radical (unpaired) electrons. The maximum absolute atomic E-state index is 5.99. The number of unbranched alkanes of at least 4 members (excludes halogenated alkanes) is 11. The van der Waals surface area contributed by atoms with E-state index in [1.807, 2.05) is 0 Å². The van der Waals surface area contributed by atoms with Gasteiger partial charge in [0.25, 0.3) is 0 Å². The average molecular weight is 368 g/mol. The fourth-order valence-electron chi connectivity index (χ4n) is 3.50. The summed E-state index contributed by atoms with van der Waals surface area (Å²) in [6.45, 7) is 6.75. The van der Waals surface area contributed by atoms with E-state index in [0.717, 1.165) is 0 Å². The zero-order valence-corrected chi connectivity index (χ0v) is 17.9. The number of alkyl halides is 1. The van der Waals surface area contributed by atoms with E-state index in [9.17, 15) is 0 Å². The number of aryl methyl sites for hydroxylation is 1. The number of rotatable bonds is 14. The number of hydrogen-bond acceptors (Lipinski definition) is 1. The van der Waals surface area contributed by atoms with Crippen LogP contribution in [0, 0.1) is 13.8 Å². The van der Waals surface area contributed by atoms with E-state index in [4.69, 9.17) is 11.6 Å². The van der Waals surface area contributed by atoms with Crippen LogP contribution < -0.4 is 6.15 Å². The summed E-state index contributed by atoms with van der Waals surface area (Å²) in [6, 6.07) is 4.50. The first-order chi connectivity index (χ1) is 11.7. The Morgan fingerprint density at radius 2 is 1.04 bits per heavy atom. The monoisotopic (exact) mass is 367 g/mol. The van der Waals surface area contributed by atoms with Crippen LogP contribution in [0.5, 0.6) is 0 Å². The fraction of sp³-hybridized carbons (Fsp3) is 0.739. The van der Waals surface area contributed by atoms with Gasteiger partial charge in [0.1, 0.15) is 0 Å². The Morgan fingerprint density at radius 3 is 1.52 bits per heavy atom. The summed E-state index contributed by atoms with van der Waals surface area (Å²) < 4.78 is 0. The third-order valence-electron chi connectivity index (χ3n) is 5.46. The van der Waals surface area contributed by atoms with Crippen molar-refractivity contribution >= 4 is 11.6 Å². The standard InChI is InChI=1S/C23H39Cl.H3N/c1-4-5-6-7-8-9-10-11-12-13-14-15-16-22-17-18-23(19-24)21(3)20(22)2;/h17-18H,4-16,19H2,1-3H3;1H3. The van der Waals surface area contributed by atoms with Crippen molar-refractivity contribution in [3.63, 3.8) is 0 Å². The van der Waals surface area contributed by atoms with Gasteiger partial charge >= 0.3 is 0 Å². The van der Waals surface area contributed by atoms with Crippen molar-refractivity contribution in [1.82, 2.24) is 6.15 Å². The topological polar surface area (TPSA) is 35.0 Å². The van der Waals surface area contributed by atoms with E-state index >= 15 is 0 Å². The summed E-state index contributed by atoms with van der Waals surface area (Å²) in [4.78, 5) is 0. The molecule has 0 aromatic heterocycles. The van der Waals surface area contributed by atoms with E-state index in [1.54, 1.807) is 0 Å². The van der Waals surface area contributed by atoms with Gasteiger partial charge in [-0.1, -0.05) is 89.7 Å². The Kier molecular flexibility index (Phi) is 15.4. The largest absolute Gasteiger partial charge is 0.344 e. The molecule has 0 amide bonds. The highest BCUT2D eigenvalue weighted by molar-refractivity contribution is 6.17. The Hall–Kier alpha value is -0.530. The normalized spacial score (nSPS) is 10.7. The Bertz CT molecular complexity index is 442. The van der Waals surface area contributed by atoms with Gasteiger partial charge in [0.2, 0.25) is 0 Å². The van der Waals surface area contributed by atoms with Crippen LogP contribution in [-0.4, -0.2) is 0 Å². The summed E-state index contributed by atoms with van der Waals surface area (Å²) >= 11 is 5.99. The van der Waals surface area contributed by atoms with Gasteiger partial charge in [-0.3, -0.25) is 0 Å². The number of hydrogen-bond donors (Lipinski definition) is 1. The lowest BCUT2D eigenvalue weighted by Gasteiger charge is -2.12. The summed E-state index contributed by atoms with van der Waals surface area (Å²) in [6.07, 6.45) is 18.3. The van der Waals surface area contributed by atoms with Crippen molar-refractivity contribution in [1.29, 1.82) is 0 Å². The van der Waals surface area contributed by atoms with Crippen LogP contribution in [0.1, 0.15) is 106 Å². The Balaban J connectivity index is 0.00000576. The molecule has 0 heterocycles. The van der Waals surface area contributed by atoms with Gasteiger partial charge in [0.15, 0.2) is 0 Å². The molecule has 0 aliphatic heterocycles. The second-order valence-electron chi connectivity index (χ2n) is 7.41. The van der Waals surface area contributed by atoms with Crippen LogP contribution in [0.2, 0.25) is 0 Å². The molecule has 0 saturated heterocycles. The van der Waals surface area contributed by atoms with Crippen LogP contribution in [0.3, 0.4) is 0 Å². The molecule has 0 unspecified atom stereocenters. The van der Waals surface area contributed by atoms with Crippen LogP contribution in [0.15, 0.2) is 12.1 Å². The van der Waals surface area contributed by atoms with E-state index in [2.05, 4.69) is 32.9 Å². The number of halogens is 1. The van der Waals surface area contributed by atoms with E-state index < -0.39 is 0 Å². The zero-order chi connectivity index (χ0) is 17.6. The highest BCUT2D eigenvalue weighted by Crippen LogP contribution is 2.21. The zero-order valence-electron chi connectivity index (χ0n) is 17.1. The summed E-state index contributed by atoms with van der Waals surface area (Å²) in [7, 11) is 0. The quantitative estimate of drug-likeness (QED) is 0.259. The van der Waals surface area contributed by atoms with Crippen LogP contribution in [0.25, 0.3) is 0 Å². The highest BCUT2D eigenvalue weighted by Gasteiger charge is 2.05. The fourth-order valence-corrected chi connectivity index (χ4v) is 3.79. The second kappa shape index (κ2) is 15.7. The molecule has 0 saturated carbocycles. The van der Waals surface area contributed by atoms with Gasteiger partial charge in [-0.25, -0.2) is 0 Å². The second-order valence-corrected chi connectivity index (χ2v) is 7.67. The third kappa shape index (κ3) is 10.3. The molecular weight excluding hydrogens is 326 g/mol. The van der Waals surface area contributed by atoms with Crippen molar-refractivity contribution in [3.8, 4) is 0 Å². The maximum Gasteiger partial charge on any atom is 0.0476 e. The third-order valence-corrected chi connectivity index (χ3v) is 5.74. The first-order valence-corrected chi connectivity index (χ1v) is 10.9. The molecule has 0 aliphatic rings. The average Bonchev–Trinajstić information content (AvgIpc) is 2.59. The minimum Gasteiger partial charge on any atom is -0.344 e. The number of benzene rings is 1. The Labute approximate surface area is 162 Å². The van der Waals surface area contributed by atoms with Crippen molar-refractivity contribution in [2.24, 2.45) is 0 Å². The SMILES string of the molecule is CCCCCCCCCCCCCCc1ccc(CCl)c(C)c1C.N. The first kappa shape index (κ1) is 24.5. The molecule has 1 aromatic carbocycles. The first-order valence-electron chi connectivity index (χ1n) is 10.3. The van der Waals surface area contributed by atoms with E-state index in [-0.39, 0.29) is 6.15 Å². The highest BCUT2D eigenvalue weighted by atomic mass is 35.5. The predicted octanol–water partition coefficient (Wildman–Crippen LogP) is 8.45. The minimum absolute atomic E-state index is 0. The van der Waals surface area contributed by atoms with E-state index in [0.29, 0.717) is 5.88 Å². The molecule has 25 heavy (non-hydrogen) atoms. The van der Waals surface area contributed by atoms with Gasteiger partial charge in [-0.05, 0) is 48.9 Å². The van der Waals surface area contributed by atoms with Crippen LogP contribution >= 0.6 is 11.6 Å². The maximum atomic E-state index is 5.99. The van der Waals surface area contributed by atoms with Crippen molar-refractivity contribution in [2.75, 3.05) is 0 Å². The van der Waals surface area contributed by atoms with Crippen molar-refractivity contribution in [3.05, 3.63) is 34.4 Å². The Morgan fingerprint density at radius 1 is 0.640 bits per heavy atom. The molecule has 0 bridgehead atoms. The molecular formula is C23H42ClN. The van der Waals surface area contributed by atoms with Gasteiger partial charge in [0.05, 0.1) is 0 Å². The van der Waals surface area contributed by atoms with Crippen LogP contribution in [-0.2, 0) is 12.3 Å². The summed E-state index contributed by atoms with van der Waals surface area (Å²) in [5.41, 5.74) is 5.65. The molecule has 3 N–H and O–H groups in total. The van der Waals surface area contributed by atoms with Gasteiger partial charge in [0, 0.05) is 5.88 Å². The smallest absolute Gasteiger partial charge is 0.0476 e. The van der Waals surface area contributed by atoms with Gasteiger partial charge in [-0.15, -0.1) is 11.6 Å². The molecule has 0 atom stereocenters. The lowest BCUT2D eigenvalue weighted by Crippen LogP contribution is -1.96. The van der Waals surface area contributed by atoms with Crippen molar-refractivity contribution in [2.45, 2.75) is 110 Å². The minimum atomic E-state index is 0. The van der Waals surface area contributed by atoms with Gasteiger partial charge in [-0.2, -0.15) is 0 Å². The lowest BCUT2D eigenvalue weighted by atomic mass is 9.95. The molecule has 1 aromatic rings. The molecule has 0 spiro atoms. The van der Waals surface area contributed by atoms with E-state index in [1.165, 1.54) is 106 Å². The van der Waals surface area contributed by atoms with Crippen LogP contribution in [0.4, 0.5) is 0 Å². The molecule has 146 valence electrons. The predicted molar refractivity (Wildman–Crippen MR) is 115 cm³/mol. The molecule has 0 fully saturated rings. The van der Waals surface area contributed by atoms with Gasteiger partial charge < -0.3 is 6.15 Å².